The molecule has 0 aliphatic rings. The van der Waals surface area contributed by atoms with Crippen LogP contribution in [0.4, 0.5) is 14.5 Å². The number of nitrogens with two attached hydrogens (primary N) is 1. The molecule has 0 radical (unpaired) electrons. The Morgan fingerprint density at radius 3 is 2.70 bits per heavy atom. The molecular weight excluding hydrogens is 478 g/mol. The SMILES string of the molecule is C=C(N=C(/C(F)=C\N)c1ccc(F)cc1OC)Nc1cc(Br)cc(CS(C)(=N)=O)c1. The van der Waals surface area contributed by atoms with E-state index in [2.05, 4.69) is 32.8 Å². The van der Waals surface area contributed by atoms with Crippen LogP contribution in [0.15, 0.2) is 70.3 Å². The predicted molar refractivity (Wildman–Crippen MR) is 120 cm³/mol. The van der Waals surface area contributed by atoms with Crippen LogP contribution in [0.5, 0.6) is 5.75 Å². The highest BCUT2D eigenvalue weighted by molar-refractivity contribution is 9.10. The van der Waals surface area contributed by atoms with E-state index >= 15 is 0 Å². The highest BCUT2D eigenvalue weighted by Crippen LogP contribution is 2.26. The number of rotatable bonds is 8. The third-order valence-electron chi connectivity index (χ3n) is 3.73. The van der Waals surface area contributed by atoms with Gasteiger partial charge >= 0.3 is 0 Å². The van der Waals surface area contributed by atoms with Gasteiger partial charge in [-0.05, 0) is 35.9 Å². The van der Waals surface area contributed by atoms with E-state index in [1.807, 2.05) is 0 Å². The van der Waals surface area contributed by atoms with Crippen molar-refractivity contribution in [3.05, 3.63) is 82.2 Å². The Kier molecular flexibility index (Phi) is 7.74. The Balaban J connectivity index is 2.41. The van der Waals surface area contributed by atoms with E-state index in [-0.39, 0.29) is 28.6 Å². The Labute approximate surface area is 182 Å². The number of nitrogens with one attached hydrogen (secondary N) is 2. The van der Waals surface area contributed by atoms with Gasteiger partial charge in [0.15, 0.2) is 5.83 Å². The molecule has 0 bridgehead atoms. The van der Waals surface area contributed by atoms with Crippen molar-refractivity contribution in [1.29, 1.82) is 4.78 Å². The summed E-state index contributed by atoms with van der Waals surface area (Å²) in [4.78, 5) is 4.16. The fraction of sp³-hybridized carbons (Fsp3) is 0.150. The number of halogens is 3. The summed E-state index contributed by atoms with van der Waals surface area (Å²) in [6.45, 7) is 3.78. The van der Waals surface area contributed by atoms with Crippen molar-refractivity contribution < 1.29 is 17.7 Å². The molecule has 6 nitrogen and oxygen atoms in total. The molecule has 0 saturated heterocycles. The largest absolute Gasteiger partial charge is 0.496 e. The monoisotopic (exact) mass is 498 g/mol. The van der Waals surface area contributed by atoms with Crippen LogP contribution in [0.1, 0.15) is 11.1 Å². The number of nitrogens with zero attached hydrogens (tertiary/aromatic N) is 1. The number of benzene rings is 2. The summed E-state index contributed by atoms with van der Waals surface area (Å²) in [5.74, 6) is -1.18. The van der Waals surface area contributed by atoms with E-state index < -0.39 is 21.4 Å². The minimum atomic E-state index is -2.73. The molecule has 0 aliphatic carbocycles. The zero-order valence-electron chi connectivity index (χ0n) is 16.3. The number of allylic oxidation sites excluding steroid dienone is 1. The summed E-state index contributed by atoms with van der Waals surface area (Å²) in [7, 11) is -1.41. The van der Waals surface area contributed by atoms with E-state index in [1.165, 1.54) is 19.4 Å². The van der Waals surface area contributed by atoms with Gasteiger partial charge in [0, 0.05) is 44.0 Å². The predicted octanol–water partition coefficient (Wildman–Crippen LogP) is 4.92. The van der Waals surface area contributed by atoms with Crippen molar-refractivity contribution in [2.24, 2.45) is 10.7 Å². The Bertz CT molecular complexity index is 1130. The van der Waals surface area contributed by atoms with Crippen LogP contribution in [-0.2, 0) is 15.5 Å². The molecule has 0 spiro atoms. The molecule has 0 aromatic heterocycles. The standard InChI is InChI=1S/C20H21BrF2N4O2S/c1-12(26-16-7-13(6-14(21)8-16)11-30(3,25)28)27-20(18(23)10-24)17-5-4-15(22)9-19(17)29-2/h4-10,25-26H,1,11,24H2,2-3H3/b18-10+,27-20?. The van der Waals surface area contributed by atoms with Crippen LogP contribution in [0.3, 0.4) is 0 Å². The minimum absolute atomic E-state index is 0.0689. The lowest BCUT2D eigenvalue weighted by Crippen LogP contribution is -2.09. The van der Waals surface area contributed by atoms with E-state index in [1.54, 1.807) is 18.2 Å². The molecule has 160 valence electrons. The molecule has 4 N–H and O–H groups in total. The molecule has 0 saturated carbocycles. The third kappa shape index (κ3) is 6.67. The summed E-state index contributed by atoms with van der Waals surface area (Å²) in [6, 6.07) is 8.74. The normalized spacial score (nSPS) is 14.2. The molecule has 2 rings (SSSR count). The first-order chi connectivity index (χ1) is 14.0. The smallest absolute Gasteiger partial charge is 0.165 e. The molecule has 0 fully saturated rings. The van der Waals surface area contributed by atoms with Crippen LogP contribution >= 0.6 is 15.9 Å². The van der Waals surface area contributed by atoms with E-state index in [4.69, 9.17) is 15.3 Å². The fourth-order valence-corrected chi connectivity index (χ4v) is 3.98. The Morgan fingerprint density at radius 2 is 2.10 bits per heavy atom. The average Bonchev–Trinajstić information content (AvgIpc) is 2.63. The minimum Gasteiger partial charge on any atom is -0.496 e. The van der Waals surface area contributed by atoms with Gasteiger partial charge in [-0.1, -0.05) is 22.5 Å². The lowest BCUT2D eigenvalue weighted by molar-refractivity contribution is 0.410. The van der Waals surface area contributed by atoms with Crippen molar-refractivity contribution in [1.82, 2.24) is 0 Å². The lowest BCUT2D eigenvalue weighted by Gasteiger charge is -2.13. The van der Waals surface area contributed by atoms with Crippen molar-refractivity contribution in [3.8, 4) is 5.75 Å². The summed E-state index contributed by atoms with van der Waals surface area (Å²) in [6.07, 6.45) is 2.09. The molecule has 0 amide bonds. The molecule has 2 aromatic rings. The first-order valence-corrected chi connectivity index (χ1v) is 11.4. The van der Waals surface area contributed by atoms with Gasteiger partial charge in [0.2, 0.25) is 0 Å². The lowest BCUT2D eigenvalue weighted by atomic mass is 10.1. The summed E-state index contributed by atoms with van der Waals surface area (Å²) < 4.78 is 53.2. The van der Waals surface area contributed by atoms with Gasteiger partial charge in [0.1, 0.15) is 23.1 Å². The average molecular weight is 499 g/mol. The number of ether oxygens (including phenoxy) is 1. The third-order valence-corrected chi connectivity index (χ3v) is 5.07. The summed E-state index contributed by atoms with van der Waals surface area (Å²) in [5, 5.41) is 2.92. The van der Waals surface area contributed by atoms with E-state index in [0.29, 0.717) is 15.7 Å². The van der Waals surface area contributed by atoms with Gasteiger partial charge in [-0.3, -0.25) is 4.78 Å². The quantitative estimate of drug-likeness (QED) is 0.449. The summed E-state index contributed by atoms with van der Waals surface area (Å²) in [5.41, 5.74) is 6.53. The summed E-state index contributed by atoms with van der Waals surface area (Å²) >= 11 is 3.36. The number of aliphatic imine (C=N–C) groups is 1. The number of hydrogen-bond donors (Lipinski definition) is 3. The molecule has 0 heterocycles. The van der Waals surface area contributed by atoms with Crippen molar-refractivity contribution in [3.63, 3.8) is 0 Å². The molecule has 0 aliphatic heterocycles. The zero-order chi connectivity index (χ0) is 22.5. The van der Waals surface area contributed by atoms with Crippen molar-refractivity contribution in [2.75, 3.05) is 18.7 Å². The second kappa shape index (κ2) is 9.86. The highest BCUT2D eigenvalue weighted by Gasteiger charge is 2.16. The molecule has 1 unspecified atom stereocenters. The fourth-order valence-electron chi connectivity index (χ4n) is 2.64. The number of hydrogen-bond acceptors (Lipinski definition) is 6. The molecule has 2 aromatic carbocycles. The first kappa shape index (κ1) is 23.6. The molecule has 10 heteroatoms. The topological polar surface area (TPSA) is 101 Å². The van der Waals surface area contributed by atoms with Gasteiger partial charge in [0.25, 0.3) is 0 Å². The Hall–Kier alpha value is -2.72. The van der Waals surface area contributed by atoms with Crippen LogP contribution in [0.25, 0.3) is 0 Å². The van der Waals surface area contributed by atoms with Gasteiger partial charge < -0.3 is 15.8 Å². The van der Waals surface area contributed by atoms with E-state index in [0.717, 1.165) is 18.3 Å². The highest BCUT2D eigenvalue weighted by atomic mass is 79.9. The second-order valence-corrected chi connectivity index (χ2v) is 9.60. The van der Waals surface area contributed by atoms with Crippen molar-refractivity contribution >= 4 is 37.1 Å². The maximum Gasteiger partial charge on any atom is 0.165 e. The maximum atomic E-state index is 14.4. The second-order valence-electron chi connectivity index (χ2n) is 6.39. The number of anilines is 1. The zero-order valence-corrected chi connectivity index (χ0v) is 18.7. The van der Waals surface area contributed by atoms with Gasteiger partial charge in [-0.2, -0.15) is 0 Å². The van der Waals surface area contributed by atoms with Gasteiger partial charge in [0.05, 0.1) is 12.9 Å². The molecular formula is C20H21BrF2N4O2S. The maximum absolute atomic E-state index is 14.4. The van der Waals surface area contributed by atoms with Crippen LogP contribution in [0.2, 0.25) is 0 Å². The van der Waals surface area contributed by atoms with Crippen LogP contribution in [0, 0.1) is 10.6 Å². The van der Waals surface area contributed by atoms with Crippen LogP contribution in [-0.4, -0.2) is 23.3 Å². The number of methoxy groups -OCH3 is 1. The Morgan fingerprint density at radius 1 is 1.40 bits per heavy atom. The molecule has 30 heavy (non-hydrogen) atoms. The van der Waals surface area contributed by atoms with Crippen LogP contribution < -0.4 is 15.8 Å². The van der Waals surface area contributed by atoms with Crippen molar-refractivity contribution in [2.45, 2.75) is 5.75 Å². The van der Waals surface area contributed by atoms with E-state index in [9.17, 15) is 13.0 Å². The van der Waals surface area contributed by atoms with Gasteiger partial charge in [-0.15, -0.1) is 0 Å². The first-order valence-electron chi connectivity index (χ1n) is 8.49. The van der Waals surface area contributed by atoms with Gasteiger partial charge in [-0.25, -0.2) is 18.0 Å². The molecule has 1 atom stereocenters.